The van der Waals surface area contributed by atoms with Crippen LogP contribution in [0.1, 0.15) is 31.7 Å². The second kappa shape index (κ2) is 15.2. The number of ether oxygens (including phenoxy) is 2. The Balaban J connectivity index is 0.00000512. The van der Waals surface area contributed by atoms with Crippen molar-refractivity contribution in [3.05, 3.63) is 23.8 Å². The Labute approximate surface area is 210 Å². The first-order valence-corrected chi connectivity index (χ1v) is 11.2. The van der Waals surface area contributed by atoms with Crippen LogP contribution in [0.5, 0.6) is 11.5 Å². The number of aliphatic imine (C=N–C) groups is 1. The van der Waals surface area contributed by atoms with Gasteiger partial charge in [-0.3, -0.25) is 14.7 Å². The van der Waals surface area contributed by atoms with Gasteiger partial charge in [0.25, 0.3) is 0 Å². The number of nitrogens with one attached hydrogen (secondary N) is 2. The molecule has 1 heterocycles. The fourth-order valence-corrected chi connectivity index (χ4v) is 3.84. The van der Waals surface area contributed by atoms with Gasteiger partial charge >= 0.3 is 0 Å². The number of halogens is 1. The van der Waals surface area contributed by atoms with E-state index >= 15 is 0 Å². The average Bonchev–Trinajstić information content (AvgIpc) is 3.24. The van der Waals surface area contributed by atoms with Gasteiger partial charge in [0.05, 0.1) is 20.3 Å². The Morgan fingerprint density at radius 3 is 2.62 bits per heavy atom. The highest BCUT2D eigenvalue weighted by Gasteiger charge is 2.30. The van der Waals surface area contributed by atoms with Gasteiger partial charge in [-0.15, -0.1) is 24.0 Å². The van der Waals surface area contributed by atoms with Crippen LogP contribution in [0.2, 0.25) is 0 Å². The molecule has 32 heavy (non-hydrogen) atoms. The SMILES string of the molecule is CCNC(=NCCCN1CCCC1C(=O)N(C)C)NCCc1ccc(OC)c(OC)c1.I. The Bertz CT molecular complexity index is 730. The zero-order chi connectivity index (χ0) is 22.6. The number of methoxy groups -OCH3 is 2. The van der Waals surface area contributed by atoms with Crippen molar-refractivity contribution in [2.45, 2.75) is 38.6 Å². The standard InChI is InChI=1S/C23H39N5O3.HI/c1-6-24-23(26-14-12-18-10-11-20(30-4)21(17-18)31-5)25-13-8-16-28-15-7-9-19(28)22(29)27(2)3;/h10-11,17,19H,6-9,12-16H2,1-5H3,(H2,24,25,26);1H. The van der Waals surface area contributed by atoms with Crippen molar-refractivity contribution in [3.8, 4) is 11.5 Å². The molecule has 0 aromatic heterocycles. The number of guanidine groups is 1. The smallest absolute Gasteiger partial charge is 0.239 e. The number of hydrogen-bond acceptors (Lipinski definition) is 5. The van der Waals surface area contributed by atoms with Crippen LogP contribution < -0.4 is 20.1 Å². The van der Waals surface area contributed by atoms with E-state index in [0.29, 0.717) is 0 Å². The van der Waals surface area contributed by atoms with Gasteiger partial charge in [0.15, 0.2) is 17.5 Å². The summed E-state index contributed by atoms with van der Waals surface area (Å²) < 4.78 is 10.7. The summed E-state index contributed by atoms with van der Waals surface area (Å²) in [6.45, 7) is 6.27. The van der Waals surface area contributed by atoms with Crippen LogP contribution in [0.3, 0.4) is 0 Å². The number of rotatable bonds is 11. The van der Waals surface area contributed by atoms with E-state index in [1.807, 2.05) is 26.2 Å². The maximum Gasteiger partial charge on any atom is 0.239 e. The second-order valence-corrected chi connectivity index (χ2v) is 7.91. The number of carbonyl (C=O) groups excluding carboxylic acids is 1. The van der Waals surface area contributed by atoms with E-state index in [0.717, 1.165) is 75.9 Å². The van der Waals surface area contributed by atoms with E-state index in [1.165, 1.54) is 5.56 Å². The summed E-state index contributed by atoms with van der Waals surface area (Å²) in [5, 5.41) is 6.70. The molecule has 0 aliphatic carbocycles. The number of likely N-dealkylation sites (N-methyl/N-ethyl adjacent to an activating group) is 1. The maximum absolute atomic E-state index is 12.3. The highest BCUT2D eigenvalue weighted by Crippen LogP contribution is 2.27. The van der Waals surface area contributed by atoms with Crippen LogP contribution in [0.4, 0.5) is 0 Å². The summed E-state index contributed by atoms with van der Waals surface area (Å²) >= 11 is 0. The highest BCUT2D eigenvalue weighted by atomic mass is 127. The van der Waals surface area contributed by atoms with Crippen LogP contribution in [0, 0.1) is 0 Å². The van der Waals surface area contributed by atoms with Gasteiger partial charge in [0.2, 0.25) is 5.91 Å². The molecule has 1 aromatic carbocycles. The third kappa shape index (κ3) is 8.65. The van der Waals surface area contributed by atoms with E-state index in [-0.39, 0.29) is 35.9 Å². The molecular weight excluding hydrogens is 521 g/mol. The van der Waals surface area contributed by atoms with E-state index in [4.69, 9.17) is 14.5 Å². The number of nitrogens with zero attached hydrogens (tertiary/aromatic N) is 3. The minimum Gasteiger partial charge on any atom is -0.493 e. The summed E-state index contributed by atoms with van der Waals surface area (Å²) in [6, 6.07) is 6.02. The molecule has 0 spiro atoms. The fraction of sp³-hybridized carbons (Fsp3) is 0.652. The third-order valence-electron chi connectivity index (χ3n) is 5.46. The molecule has 1 fully saturated rings. The number of benzene rings is 1. The predicted molar refractivity (Wildman–Crippen MR) is 141 cm³/mol. The van der Waals surface area contributed by atoms with Crippen LogP contribution in [-0.4, -0.2) is 88.7 Å². The summed E-state index contributed by atoms with van der Waals surface area (Å²) in [7, 11) is 6.96. The molecule has 0 saturated carbocycles. The van der Waals surface area contributed by atoms with Crippen molar-refractivity contribution in [3.63, 3.8) is 0 Å². The fourth-order valence-electron chi connectivity index (χ4n) is 3.84. The van der Waals surface area contributed by atoms with E-state index in [2.05, 4.69) is 28.5 Å². The first kappa shape index (κ1) is 28.3. The van der Waals surface area contributed by atoms with E-state index < -0.39 is 0 Å². The molecular formula is C23H40IN5O3. The lowest BCUT2D eigenvalue weighted by molar-refractivity contribution is -0.133. The Kier molecular flexibility index (Phi) is 13.4. The third-order valence-corrected chi connectivity index (χ3v) is 5.46. The molecule has 0 bridgehead atoms. The molecule has 1 unspecified atom stereocenters. The zero-order valence-electron chi connectivity index (χ0n) is 20.1. The van der Waals surface area contributed by atoms with Gasteiger partial charge in [0.1, 0.15) is 0 Å². The lowest BCUT2D eigenvalue weighted by Gasteiger charge is -2.25. The molecule has 182 valence electrons. The molecule has 0 radical (unpaired) electrons. The van der Waals surface area contributed by atoms with E-state index in [9.17, 15) is 4.79 Å². The average molecular weight is 562 g/mol. The molecule has 1 amide bonds. The van der Waals surface area contributed by atoms with Gasteiger partial charge in [-0.1, -0.05) is 6.07 Å². The number of likely N-dealkylation sites (tertiary alicyclic amines) is 1. The van der Waals surface area contributed by atoms with Crippen LogP contribution in [0.25, 0.3) is 0 Å². The van der Waals surface area contributed by atoms with E-state index in [1.54, 1.807) is 19.1 Å². The van der Waals surface area contributed by atoms with Crippen LogP contribution in [-0.2, 0) is 11.2 Å². The molecule has 1 atom stereocenters. The molecule has 8 nitrogen and oxygen atoms in total. The van der Waals surface area contributed by atoms with Crippen molar-refractivity contribution in [1.82, 2.24) is 20.4 Å². The molecule has 1 saturated heterocycles. The Hall–Kier alpha value is -1.75. The van der Waals surface area contributed by atoms with Crippen molar-refractivity contribution < 1.29 is 14.3 Å². The predicted octanol–water partition coefficient (Wildman–Crippen LogP) is 2.36. The normalized spacial score (nSPS) is 16.3. The van der Waals surface area contributed by atoms with Gasteiger partial charge in [-0.05, 0) is 56.8 Å². The quantitative estimate of drug-likeness (QED) is 0.187. The molecule has 2 rings (SSSR count). The molecule has 9 heteroatoms. The first-order chi connectivity index (χ1) is 15.0. The monoisotopic (exact) mass is 561 g/mol. The van der Waals surface area contributed by atoms with Crippen molar-refractivity contribution in [1.29, 1.82) is 0 Å². The number of amides is 1. The second-order valence-electron chi connectivity index (χ2n) is 7.91. The summed E-state index contributed by atoms with van der Waals surface area (Å²) in [4.78, 5) is 21.0. The topological polar surface area (TPSA) is 78.4 Å². The molecule has 1 aliphatic rings. The zero-order valence-corrected chi connectivity index (χ0v) is 22.5. The number of carbonyl (C=O) groups is 1. The molecule has 1 aromatic rings. The van der Waals surface area contributed by atoms with Gasteiger partial charge in [0, 0.05) is 40.3 Å². The number of hydrogen-bond donors (Lipinski definition) is 2. The summed E-state index contributed by atoms with van der Waals surface area (Å²) in [5.74, 6) is 2.52. The molecule has 2 N–H and O–H groups in total. The first-order valence-electron chi connectivity index (χ1n) is 11.2. The summed E-state index contributed by atoms with van der Waals surface area (Å²) in [6.07, 6.45) is 3.84. The maximum atomic E-state index is 12.3. The largest absolute Gasteiger partial charge is 0.493 e. The van der Waals surface area contributed by atoms with Crippen molar-refractivity contribution in [2.24, 2.45) is 4.99 Å². The van der Waals surface area contributed by atoms with Crippen LogP contribution in [0.15, 0.2) is 23.2 Å². The molecule has 1 aliphatic heterocycles. The minimum absolute atomic E-state index is 0. The van der Waals surface area contributed by atoms with Crippen molar-refractivity contribution in [2.75, 3.05) is 61.0 Å². The lowest BCUT2D eigenvalue weighted by Crippen LogP contribution is -2.43. The highest BCUT2D eigenvalue weighted by molar-refractivity contribution is 14.0. The Morgan fingerprint density at radius 2 is 1.97 bits per heavy atom. The summed E-state index contributed by atoms with van der Waals surface area (Å²) in [5.41, 5.74) is 1.17. The van der Waals surface area contributed by atoms with Gasteiger partial charge in [-0.25, -0.2) is 0 Å². The van der Waals surface area contributed by atoms with Crippen LogP contribution >= 0.6 is 24.0 Å². The van der Waals surface area contributed by atoms with Gasteiger partial charge < -0.3 is 25.0 Å². The van der Waals surface area contributed by atoms with Gasteiger partial charge in [-0.2, -0.15) is 0 Å². The lowest BCUT2D eigenvalue weighted by atomic mass is 10.1. The minimum atomic E-state index is 0. The van der Waals surface area contributed by atoms with Crippen molar-refractivity contribution >= 4 is 35.8 Å². The Morgan fingerprint density at radius 1 is 1.22 bits per heavy atom.